The lowest BCUT2D eigenvalue weighted by atomic mass is 10.1. The molecular formula is C15H15BrN2O2. The zero-order valence-electron chi connectivity index (χ0n) is 11.0. The van der Waals surface area contributed by atoms with E-state index in [4.69, 9.17) is 10.8 Å². The zero-order valence-corrected chi connectivity index (χ0v) is 12.6. The lowest BCUT2D eigenvalue weighted by Gasteiger charge is -2.12. The summed E-state index contributed by atoms with van der Waals surface area (Å²) < 4.78 is 1.02. The van der Waals surface area contributed by atoms with Crippen LogP contribution in [0.25, 0.3) is 0 Å². The molecule has 0 bridgehead atoms. The Morgan fingerprint density at radius 1 is 1.30 bits per heavy atom. The van der Waals surface area contributed by atoms with Gasteiger partial charge in [0.2, 0.25) is 0 Å². The molecule has 2 rings (SSSR count). The number of rotatable bonds is 4. The average Bonchev–Trinajstić information content (AvgIpc) is 2.42. The number of benzene rings is 2. The van der Waals surface area contributed by atoms with Gasteiger partial charge in [-0.15, -0.1) is 0 Å². The molecule has 0 saturated heterocycles. The van der Waals surface area contributed by atoms with Crippen molar-refractivity contribution in [2.75, 3.05) is 11.1 Å². The van der Waals surface area contributed by atoms with E-state index in [9.17, 15) is 4.79 Å². The first-order valence-corrected chi connectivity index (χ1v) is 6.99. The maximum absolute atomic E-state index is 11.1. The van der Waals surface area contributed by atoms with Crippen LogP contribution in [-0.4, -0.2) is 11.1 Å². The van der Waals surface area contributed by atoms with E-state index in [0.29, 0.717) is 5.69 Å². The summed E-state index contributed by atoms with van der Waals surface area (Å²) >= 11 is 3.44. The summed E-state index contributed by atoms with van der Waals surface area (Å²) in [5.41, 5.74) is 8.81. The monoisotopic (exact) mass is 334 g/mol. The van der Waals surface area contributed by atoms with E-state index < -0.39 is 5.97 Å². The van der Waals surface area contributed by atoms with Gasteiger partial charge in [-0.1, -0.05) is 22.9 Å². The summed E-state index contributed by atoms with van der Waals surface area (Å²) in [6.07, 6.45) is 0.878. The van der Waals surface area contributed by atoms with Gasteiger partial charge in [-0.05, 0) is 48.4 Å². The zero-order chi connectivity index (χ0) is 14.7. The number of aryl methyl sites for hydroxylation is 1. The fourth-order valence-corrected chi connectivity index (χ4v) is 2.36. The second-order valence-corrected chi connectivity index (χ2v) is 5.30. The Kier molecular flexibility index (Phi) is 4.29. The van der Waals surface area contributed by atoms with Gasteiger partial charge in [-0.2, -0.15) is 0 Å². The highest BCUT2D eigenvalue weighted by Crippen LogP contribution is 2.26. The van der Waals surface area contributed by atoms with Crippen molar-refractivity contribution in [3.8, 4) is 0 Å². The van der Waals surface area contributed by atoms with Crippen molar-refractivity contribution in [2.45, 2.75) is 13.3 Å². The van der Waals surface area contributed by atoms with Crippen molar-refractivity contribution in [2.24, 2.45) is 0 Å². The number of aromatic carboxylic acids is 1. The summed E-state index contributed by atoms with van der Waals surface area (Å²) in [7, 11) is 0. The molecule has 20 heavy (non-hydrogen) atoms. The molecule has 0 aliphatic heterocycles. The van der Waals surface area contributed by atoms with Crippen molar-refractivity contribution in [3.63, 3.8) is 0 Å². The number of anilines is 3. The highest BCUT2D eigenvalue weighted by molar-refractivity contribution is 9.10. The first-order chi connectivity index (χ1) is 9.51. The quantitative estimate of drug-likeness (QED) is 0.737. The number of carboxylic acids is 1. The third-order valence-corrected chi connectivity index (χ3v) is 3.50. The number of nitrogens with two attached hydrogens (primary N) is 1. The fraction of sp³-hybridized carbons (Fsp3) is 0.133. The lowest BCUT2D eigenvalue weighted by molar-refractivity contribution is 0.0698. The summed E-state index contributed by atoms with van der Waals surface area (Å²) in [6, 6.07) is 10.8. The number of nitrogen functional groups attached to an aromatic ring is 1. The Morgan fingerprint density at radius 2 is 2.05 bits per heavy atom. The van der Waals surface area contributed by atoms with Gasteiger partial charge in [0.25, 0.3) is 0 Å². The second-order valence-electron chi connectivity index (χ2n) is 4.39. The van der Waals surface area contributed by atoms with Crippen LogP contribution >= 0.6 is 15.9 Å². The standard InChI is InChI=1S/C15H15BrN2O2/c1-2-9-7-10(16)3-6-14(9)18-11-4-5-13(17)12(8-11)15(19)20/h3-8,18H,2,17H2,1H3,(H,19,20). The maximum atomic E-state index is 11.1. The summed E-state index contributed by atoms with van der Waals surface area (Å²) in [5, 5.41) is 12.3. The smallest absolute Gasteiger partial charge is 0.337 e. The maximum Gasteiger partial charge on any atom is 0.337 e. The minimum absolute atomic E-state index is 0.102. The predicted molar refractivity (Wildman–Crippen MR) is 84.6 cm³/mol. The minimum Gasteiger partial charge on any atom is -0.478 e. The van der Waals surface area contributed by atoms with Gasteiger partial charge in [-0.3, -0.25) is 0 Å². The molecule has 2 aromatic rings. The van der Waals surface area contributed by atoms with Crippen LogP contribution in [0, 0.1) is 0 Å². The first kappa shape index (κ1) is 14.4. The van der Waals surface area contributed by atoms with Crippen molar-refractivity contribution in [3.05, 3.63) is 52.0 Å². The van der Waals surface area contributed by atoms with Crippen LogP contribution in [0.4, 0.5) is 17.1 Å². The molecule has 4 N–H and O–H groups in total. The third kappa shape index (κ3) is 3.11. The van der Waals surface area contributed by atoms with Gasteiger partial charge in [0.05, 0.1) is 5.56 Å². The normalized spacial score (nSPS) is 10.3. The molecule has 0 heterocycles. The van der Waals surface area contributed by atoms with Gasteiger partial charge in [0, 0.05) is 21.5 Å². The van der Waals surface area contributed by atoms with E-state index in [1.54, 1.807) is 18.2 Å². The molecule has 0 amide bonds. The van der Waals surface area contributed by atoms with Crippen LogP contribution < -0.4 is 11.1 Å². The first-order valence-electron chi connectivity index (χ1n) is 6.19. The molecule has 0 aromatic heterocycles. The number of hydrogen-bond donors (Lipinski definition) is 3. The molecule has 4 nitrogen and oxygen atoms in total. The van der Waals surface area contributed by atoms with E-state index in [-0.39, 0.29) is 11.3 Å². The molecule has 0 aliphatic rings. The Hall–Kier alpha value is -2.01. The van der Waals surface area contributed by atoms with Crippen LogP contribution in [0.5, 0.6) is 0 Å². The number of hydrogen-bond acceptors (Lipinski definition) is 3. The van der Waals surface area contributed by atoms with Gasteiger partial charge < -0.3 is 16.2 Å². The lowest BCUT2D eigenvalue weighted by Crippen LogP contribution is -2.04. The van der Waals surface area contributed by atoms with Crippen molar-refractivity contribution >= 4 is 39.0 Å². The average molecular weight is 335 g/mol. The molecule has 0 unspecified atom stereocenters. The number of nitrogens with one attached hydrogen (secondary N) is 1. The number of carboxylic acid groups (broad SMARTS) is 1. The topological polar surface area (TPSA) is 75.3 Å². The number of carbonyl (C=O) groups is 1. The summed E-state index contributed by atoms with van der Waals surface area (Å²) in [4.78, 5) is 11.1. The van der Waals surface area contributed by atoms with Crippen LogP contribution in [0.3, 0.4) is 0 Å². The summed E-state index contributed by atoms with van der Waals surface area (Å²) in [5.74, 6) is -1.03. The van der Waals surface area contributed by atoms with Crippen molar-refractivity contribution in [1.29, 1.82) is 0 Å². The molecule has 0 aliphatic carbocycles. The minimum atomic E-state index is -1.03. The van der Waals surface area contributed by atoms with Gasteiger partial charge in [0.1, 0.15) is 0 Å². The van der Waals surface area contributed by atoms with Gasteiger partial charge in [0.15, 0.2) is 0 Å². The van der Waals surface area contributed by atoms with E-state index >= 15 is 0 Å². The highest BCUT2D eigenvalue weighted by atomic mass is 79.9. The van der Waals surface area contributed by atoms with Gasteiger partial charge in [-0.25, -0.2) is 4.79 Å². The second kappa shape index (κ2) is 5.96. The molecule has 0 radical (unpaired) electrons. The summed E-state index contributed by atoms with van der Waals surface area (Å²) in [6.45, 7) is 2.07. The van der Waals surface area contributed by atoms with E-state index in [0.717, 1.165) is 22.1 Å². The SMILES string of the molecule is CCc1cc(Br)ccc1Nc1ccc(N)c(C(=O)O)c1. The number of halogens is 1. The molecule has 5 heteroatoms. The predicted octanol–water partition coefficient (Wildman–Crippen LogP) is 4.04. The fourth-order valence-electron chi connectivity index (χ4n) is 1.95. The molecule has 104 valence electrons. The molecule has 0 spiro atoms. The molecule has 2 aromatic carbocycles. The molecular weight excluding hydrogens is 320 g/mol. The van der Waals surface area contributed by atoms with E-state index in [1.165, 1.54) is 0 Å². The van der Waals surface area contributed by atoms with Crippen molar-refractivity contribution in [1.82, 2.24) is 0 Å². The Labute approximate surface area is 125 Å². The van der Waals surface area contributed by atoms with Crippen LogP contribution in [0.1, 0.15) is 22.8 Å². The van der Waals surface area contributed by atoms with E-state index in [2.05, 4.69) is 28.2 Å². The largest absolute Gasteiger partial charge is 0.478 e. The molecule has 0 saturated carbocycles. The Balaban J connectivity index is 2.35. The molecule has 0 atom stereocenters. The third-order valence-electron chi connectivity index (χ3n) is 3.01. The highest BCUT2D eigenvalue weighted by Gasteiger charge is 2.09. The van der Waals surface area contributed by atoms with Crippen LogP contribution in [0.15, 0.2) is 40.9 Å². The Morgan fingerprint density at radius 3 is 2.70 bits per heavy atom. The van der Waals surface area contributed by atoms with Gasteiger partial charge >= 0.3 is 5.97 Å². The van der Waals surface area contributed by atoms with Crippen molar-refractivity contribution < 1.29 is 9.90 Å². The van der Waals surface area contributed by atoms with Crippen LogP contribution in [-0.2, 0) is 6.42 Å². The molecule has 0 fully saturated rings. The Bertz CT molecular complexity index is 656. The van der Waals surface area contributed by atoms with Crippen LogP contribution in [0.2, 0.25) is 0 Å². The van der Waals surface area contributed by atoms with E-state index in [1.807, 2.05) is 18.2 Å².